The molecule has 2 N–H and O–H groups in total. The van der Waals surface area contributed by atoms with E-state index >= 15 is 0 Å². The number of nitrogens with one attached hydrogen (secondary N) is 2. The smallest absolute Gasteiger partial charge is 0.240 e. The molecule has 5 nitrogen and oxygen atoms in total. The van der Waals surface area contributed by atoms with Crippen molar-refractivity contribution in [1.82, 2.24) is 15.2 Å². The van der Waals surface area contributed by atoms with Crippen LogP contribution in [0.5, 0.6) is 0 Å². The van der Waals surface area contributed by atoms with Gasteiger partial charge in [0.2, 0.25) is 5.91 Å². The SMILES string of the molecule is CN(CC(=O)Nc1nccs1)CC1CCCN1. The Hall–Kier alpha value is -0.980. The third-order valence-electron chi connectivity index (χ3n) is 2.79. The zero-order chi connectivity index (χ0) is 12.1. The Morgan fingerprint density at radius 3 is 3.29 bits per heavy atom. The molecule has 0 aliphatic carbocycles. The first-order valence-electron chi connectivity index (χ1n) is 5.85. The molecule has 1 unspecified atom stereocenters. The molecule has 0 spiro atoms. The van der Waals surface area contributed by atoms with E-state index in [4.69, 9.17) is 0 Å². The third-order valence-corrected chi connectivity index (χ3v) is 3.48. The lowest BCUT2D eigenvalue weighted by atomic mass is 10.2. The number of nitrogens with zero attached hydrogens (tertiary/aromatic N) is 2. The van der Waals surface area contributed by atoms with Gasteiger partial charge >= 0.3 is 0 Å². The molecule has 1 aromatic heterocycles. The van der Waals surface area contributed by atoms with Gasteiger partial charge in [-0.3, -0.25) is 9.69 Å². The monoisotopic (exact) mass is 254 g/mol. The third kappa shape index (κ3) is 4.07. The summed E-state index contributed by atoms with van der Waals surface area (Å²) in [4.78, 5) is 17.8. The van der Waals surface area contributed by atoms with Crippen molar-refractivity contribution in [2.75, 3.05) is 32.0 Å². The van der Waals surface area contributed by atoms with Crippen molar-refractivity contribution in [3.05, 3.63) is 11.6 Å². The molecular weight excluding hydrogens is 236 g/mol. The van der Waals surface area contributed by atoms with Crippen LogP contribution in [0.25, 0.3) is 0 Å². The van der Waals surface area contributed by atoms with E-state index in [1.165, 1.54) is 24.2 Å². The number of carbonyl (C=O) groups is 1. The van der Waals surface area contributed by atoms with Gasteiger partial charge in [0.1, 0.15) is 0 Å². The van der Waals surface area contributed by atoms with Crippen molar-refractivity contribution in [2.24, 2.45) is 0 Å². The zero-order valence-corrected chi connectivity index (χ0v) is 10.8. The van der Waals surface area contributed by atoms with Crippen molar-refractivity contribution in [1.29, 1.82) is 0 Å². The van der Waals surface area contributed by atoms with Crippen molar-refractivity contribution >= 4 is 22.4 Å². The summed E-state index contributed by atoms with van der Waals surface area (Å²) in [5.41, 5.74) is 0. The van der Waals surface area contributed by atoms with Crippen LogP contribution in [0.15, 0.2) is 11.6 Å². The molecule has 2 rings (SSSR count). The minimum Gasteiger partial charge on any atom is -0.313 e. The van der Waals surface area contributed by atoms with Gasteiger partial charge in [0, 0.05) is 24.2 Å². The molecule has 6 heteroatoms. The summed E-state index contributed by atoms with van der Waals surface area (Å²) in [5, 5.41) is 8.72. The summed E-state index contributed by atoms with van der Waals surface area (Å²) in [6, 6.07) is 0.535. The lowest BCUT2D eigenvalue weighted by Crippen LogP contribution is -2.39. The fourth-order valence-corrected chi connectivity index (χ4v) is 2.59. The number of amides is 1. The first-order valence-corrected chi connectivity index (χ1v) is 6.73. The predicted octanol–water partition coefficient (Wildman–Crippen LogP) is 0.765. The van der Waals surface area contributed by atoms with E-state index in [0.29, 0.717) is 17.7 Å². The van der Waals surface area contributed by atoms with Crippen molar-refractivity contribution in [3.8, 4) is 0 Å². The minimum atomic E-state index is 0.000414. The van der Waals surface area contributed by atoms with E-state index in [0.717, 1.165) is 13.1 Å². The lowest BCUT2D eigenvalue weighted by molar-refractivity contribution is -0.117. The molecule has 1 amide bonds. The van der Waals surface area contributed by atoms with E-state index in [-0.39, 0.29) is 5.91 Å². The van der Waals surface area contributed by atoms with Gasteiger partial charge in [-0.15, -0.1) is 11.3 Å². The highest BCUT2D eigenvalue weighted by Gasteiger charge is 2.17. The topological polar surface area (TPSA) is 57.3 Å². The van der Waals surface area contributed by atoms with Crippen LogP contribution in [-0.4, -0.2) is 48.5 Å². The largest absolute Gasteiger partial charge is 0.313 e. The molecule has 1 aromatic rings. The van der Waals surface area contributed by atoms with E-state index in [1.807, 2.05) is 17.3 Å². The number of thiazole rings is 1. The average molecular weight is 254 g/mol. The highest BCUT2D eigenvalue weighted by atomic mass is 32.1. The Morgan fingerprint density at radius 1 is 1.76 bits per heavy atom. The fourth-order valence-electron chi connectivity index (χ4n) is 2.04. The summed E-state index contributed by atoms with van der Waals surface area (Å²) in [7, 11) is 1.97. The van der Waals surface area contributed by atoms with E-state index in [2.05, 4.69) is 15.6 Å². The van der Waals surface area contributed by atoms with Gasteiger partial charge < -0.3 is 10.6 Å². The molecule has 1 atom stereocenters. The molecule has 17 heavy (non-hydrogen) atoms. The maximum absolute atomic E-state index is 11.7. The van der Waals surface area contributed by atoms with Crippen LogP contribution in [-0.2, 0) is 4.79 Å². The molecule has 1 aliphatic rings. The molecule has 2 heterocycles. The molecule has 1 aliphatic heterocycles. The van der Waals surface area contributed by atoms with Crippen molar-refractivity contribution in [2.45, 2.75) is 18.9 Å². The number of hydrogen-bond acceptors (Lipinski definition) is 5. The normalized spacial score (nSPS) is 19.8. The van der Waals surface area contributed by atoms with Gasteiger partial charge in [-0.1, -0.05) is 0 Å². The van der Waals surface area contributed by atoms with Crippen LogP contribution in [0.4, 0.5) is 5.13 Å². The van der Waals surface area contributed by atoms with Crippen molar-refractivity contribution < 1.29 is 4.79 Å². The van der Waals surface area contributed by atoms with Gasteiger partial charge in [0.05, 0.1) is 6.54 Å². The molecule has 0 bridgehead atoms. The Morgan fingerprint density at radius 2 is 2.65 bits per heavy atom. The molecule has 0 saturated carbocycles. The van der Waals surface area contributed by atoms with Crippen LogP contribution in [0, 0.1) is 0 Å². The minimum absolute atomic E-state index is 0.000414. The highest BCUT2D eigenvalue weighted by molar-refractivity contribution is 7.13. The summed E-state index contributed by atoms with van der Waals surface area (Å²) < 4.78 is 0. The Kier molecular flexibility index (Phi) is 4.47. The number of hydrogen-bond donors (Lipinski definition) is 2. The van der Waals surface area contributed by atoms with Gasteiger partial charge in [-0.05, 0) is 26.4 Å². The van der Waals surface area contributed by atoms with Gasteiger partial charge in [-0.25, -0.2) is 4.98 Å². The number of likely N-dealkylation sites (N-methyl/N-ethyl adjacent to an activating group) is 1. The van der Waals surface area contributed by atoms with Crippen LogP contribution in [0.3, 0.4) is 0 Å². The summed E-state index contributed by atoms with van der Waals surface area (Å²) in [6.45, 7) is 2.44. The molecule has 0 radical (unpaired) electrons. The summed E-state index contributed by atoms with van der Waals surface area (Å²) in [5.74, 6) is 0.000414. The second-order valence-electron chi connectivity index (χ2n) is 4.38. The number of rotatable bonds is 5. The second kappa shape index (κ2) is 6.09. The highest BCUT2D eigenvalue weighted by Crippen LogP contribution is 2.10. The standard InChI is InChI=1S/C11H18N4OS/c1-15(7-9-3-2-4-12-9)8-10(16)14-11-13-5-6-17-11/h5-6,9,12H,2-4,7-8H2,1H3,(H,13,14,16). The fraction of sp³-hybridized carbons (Fsp3) is 0.636. The van der Waals surface area contributed by atoms with E-state index in [1.54, 1.807) is 6.20 Å². The number of carbonyl (C=O) groups excluding carboxylic acids is 1. The maximum Gasteiger partial charge on any atom is 0.240 e. The lowest BCUT2D eigenvalue weighted by Gasteiger charge is -2.20. The second-order valence-corrected chi connectivity index (χ2v) is 5.27. The maximum atomic E-state index is 11.7. The van der Waals surface area contributed by atoms with Crippen LogP contribution in [0.2, 0.25) is 0 Å². The number of aromatic nitrogens is 1. The van der Waals surface area contributed by atoms with E-state index in [9.17, 15) is 4.79 Å². The number of anilines is 1. The summed E-state index contributed by atoms with van der Waals surface area (Å²) in [6.07, 6.45) is 4.13. The molecule has 1 fully saturated rings. The van der Waals surface area contributed by atoms with Crippen LogP contribution >= 0.6 is 11.3 Å². The Labute approximate surface area is 105 Å². The molecule has 94 valence electrons. The predicted molar refractivity (Wildman–Crippen MR) is 69.3 cm³/mol. The summed E-state index contributed by atoms with van der Waals surface area (Å²) >= 11 is 1.44. The average Bonchev–Trinajstić information content (AvgIpc) is 2.90. The van der Waals surface area contributed by atoms with Gasteiger partial charge in [0.25, 0.3) is 0 Å². The quantitative estimate of drug-likeness (QED) is 0.815. The van der Waals surface area contributed by atoms with Gasteiger partial charge in [-0.2, -0.15) is 0 Å². The van der Waals surface area contributed by atoms with Crippen molar-refractivity contribution in [3.63, 3.8) is 0 Å². The first kappa shape index (κ1) is 12.5. The van der Waals surface area contributed by atoms with Crippen LogP contribution in [0.1, 0.15) is 12.8 Å². The molecule has 0 aromatic carbocycles. The zero-order valence-electron chi connectivity index (χ0n) is 9.98. The first-order chi connectivity index (χ1) is 8.24. The van der Waals surface area contributed by atoms with Crippen LogP contribution < -0.4 is 10.6 Å². The van der Waals surface area contributed by atoms with E-state index < -0.39 is 0 Å². The molecular formula is C11H18N4OS. The molecule has 1 saturated heterocycles. The van der Waals surface area contributed by atoms with Gasteiger partial charge in [0.15, 0.2) is 5.13 Å². The Bertz CT molecular complexity index is 348. The Balaban J connectivity index is 1.70.